The Bertz CT molecular complexity index is 351. The topological polar surface area (TPSA) is 34.1 Å². The minimum atomic E-state index is -0.638. The summed E-state index contributed by atoms with van der Waals surface area (Å²) in [5.74, 6) is -0.971. The van der Waals surface area contributed by atoms with Crippen LogP contribution in [0.5, 0.6) is 0 Å². The molecule has 1 aromatic rings. The van der Waals surface area contributed by atoms with Gasteiger partial charge in [-0.05, 0) is 41.6 Å². The normalized spacial score (nSPS) is 9.77. The fourth-order valence-electron chi connectivity index (χ4n) is 0.997. The number of rotatable bonds is 2. The Morgan fingerprint density at radius 2 is 2.15 bits per heavy atom. The van der Waals surface area contributed by atoms with Crippen LogP contribution in [0.3, 0.4) is 0 Å². The summed E-state index contributed by atoms with van der Waals surface area (Å²) in [6, 6.07) is 2.54. The number of carbonyl (C=O) groups is 2. The lowest BCUT2D eigenvalue weighted by Crippen LogP contribution is -2.02. The molecule has 0 heterocycles. The molecule has 0 amide bonds. The van der Waals surface area contributed by atoms with Crippen molar-refractivity contribution in [1.29, 1.82) is 0 Å². The zero-order valence-electron chi connectivity index (χ0n) is 6.80. The van der Waals surface area contributed by atoms with E-state index in [0.717, 1.165) is 6.07 Å². The molecule has 0 N–H and O–H groups in total. The van der Waals surface area contributed by atoms with Crippen molar-refractivity contribution in [2.45, 2.75) is 6.92 Å². The highest BCUT2D eigenvalue weighted by Crippen LogP contribution is 2.18. The lowest BCUT2D eigenvalue weighted by atomic mass is 10.1. The predicted molar refractivity (Wildman–Crippen MR) is 54.5 cm³/mol. The molecule has 2 nitrogen and oxygen atoms in total. The van der Waals surface area contributed by atoms with E-state index in [9.17, 15) is 14.0 Å². The second-order valence-electron chi connectivity index (χ2n) is 2.53. The van der Waals surface area contributed by atoms with Crippen LogP contribution < -0.4 is 0 Å². The molecule has 0 saturated heterocycles. The number of aldehydes is 1. The van der Waals surface area contributed by atoms with Crippen LogP contribution >= 0.6 is 22.6 Å². The third-order valence-electron chi connectivity index (χ3n) is 1.55. The van der Waals surface area contributed by atoms with E-state index in [0.29, 0.717) is 9.86 Å². The van der Waals surface area contributed by atoms with E-state index in [4.69, 9.17) is 0 Å². The van der Waals surface area contributed by atoms with Gasteiger partial charge >= 0.3 is 0 Å². The van der Waals surface area contributed by atoms with Crippen molar-refractivity contribution < 1.29 is 14.0 Å². The van der Waals surface area contributed by atoms with Crippen LogP contribution in [0.15, 0.2) is 12.1 Å². The molecule has 0 atom stereocenters. The number of hydrogen-bond acceptors (Lipinski definition) is 2. The molecule has 0 aliphatic rings. The minimum absolute atomic E-state index is 0.0474. The van der Waals surface area contributed by atoms with E-state index in [1.807, 2.05) is 22.6 Å². The van der Waals surface area contributed by atoms with E-state index >= 15 is 0 Å². The van der Waals surface area contributed by atoms with Crippen LogP contribution in [-0.2, 0) is 0 Å². The maximum absolute atomic E-state index is 13.2. The summed E-state index contributed by atoms with van der Waals surface area (Å²) >= 11 is 1.83. The van der Waals surface area contributed by atoms with Crippen molar-refractivity contribution in [3.63, 3.8) is 0 Å². The first kappa shape index (κ1) is 10.3. The molecule has 0 unspecified atom stereocenters. The molecular weight excluding hydrogens is 286 g/mol. The fraction of sp³-hybridized carbons (Fsp3) is 0.111. The molecule has 0 radical (unpaired) electrons. The number of hydrogen-bond donors (Lipinski definition) is 0. The Kier molecular flexibility index (Phi) is 3.13. The molecule has 0 aromatic heterocycles. The number of benzene rings is 1. The second-order valence-corrected chi connectivity index (χ2v) is 3.70. The lowest BCUT2D eigenvalue weighted by molar-refractivity contribution is 0.101. The molecule has 1 rings (SSSR count). The smallest absolute Gasteiger partial charge is 0.163 e. The van der Waals surface area contributed by atoms with Gasteiger partial charge in [-0.3, -0.25) is 9.59 Å². The van der Waals surface area contributed by atoms with Gasteiger partial charge in [0.1, 0.15) is 12.1 Å². The van der Waals surface area contributed by atoms with Gasteiger partial charge in [0.2, 0.25) is 0 Å². The predicted octanol–water partition coefficient (Wildman–Crippen LogP) is 2.45. The minimum Gasteiger partial charge on any atom is -0.298 e. The van der Waals surface area contributed by atoms with Gasteiger partial charge in [0.05, 0.1) is 5.56 Å². The quantitative estimate of drug-likeness (QED) is 0.476. The number of halogens is 2. The van der Waals surface area contributed by atoms with Crippen LogP contribution in [0, 0.1) is 9.39 Å². The van der Waals surface area contributed by atoms with Gasteiger partial charge in [-0.1, -0.05) is 0 Å². The summed E-state index contributed by atoms with van der Waals surface area (Å²) in [6.45, 7) is 1.29. The number of Topliss-reactive ketones (excluding diaryl/α,β-unsaturated/α-hetero) is 1. The van der Waals surface area contributed by atoms with Gasteiger partial charge in [0, 0.05) is 9.13 Å². The van der Waals surface area contributed by atoms with Gasteiger partial charge in [0.25, 0.3) is 0 Å². The van der Waals surface area contributed by atoms with E-state index in [1.165, 1.54) is 13.0 Å². The summed E-state index contributed by atoms with van der Waals surface area (Å²) in [6.07, 6.45) is 0.551. The van der Waals surface area contributed by atoms with Crippen LogP contribution in [0.4, 0.5) is 4.39 Å². The monoisotopic (exact) mass is 292 g/mol. The molecule has 0 aliphatic carbocycles. The first-order valence-corrected chi connectivity index (χ1v) is 4.59. The van der Waals surface area contributed by atoms with Crippen molar-refractivity contribution in [3.8, 4) is 0 Å². The van der Waals surface area contributed by atoms with Gasteiger partial charge in [-0.25, -0.2) is 4.39 Å². The van der Waals surface area contributed by atoms with Crippen LogP contribution in [0.25, 0.3) is 0 Å². The molecule has 4 heteroatoms. The van der Waals surface area contributed by atoms with Crippen molar-refractivity contribution in [2.24, 2.45) is 0 Å². The first-order valence-electron chi connectivity index (χ1n) is 3.51. The SMILES string of the molecule is CC(=O)c1c(F)cc(C=O)cc1I. The Balaban J connectivity index is 3.39. The Morgan fingerprint density at radius 1 is 1.54 bits per heavy atom. The molecule has 0 aliphatic heterocycles. The summed E-state index contributed by atoms with van der Waals surface area (Å²) < 4.78 is 13.6. The van der Waals surface area contributed by atoms with Gasteiger partial charge in [-0.2, -0.15) is 0 Å². The van der Waals surface area contributed by atoms with Crippen molar-refractivity contribution in [2.75, 3.05) is 0 Å². The van der Waals surface area contributed by atoms with E-state index in [-0.39, 0.29) is 16.9 Å². The van der Waals surface area contributed by atoms with Crippen molar-refractivity contribution in [1.82, 2.24) is 0 Å². The zero-order chi connectivity index (χ0) is 10.0. The van der Waals surface area contributed by atoms with Crippen molar-refractivity contribution >= 4 is 34.7 Å². The standard InChI is InChI=1S/C9H6FIO2/c1-5(13)9-7(10)2-6(4-12)3-8(9)11/h2-4H,1H3. The highest BCUT2D eigenvalue weighted by atomic mass is 127. The Labute approximate surface area is 88.3 Å². The number of carbonyl (C=O) groups excluding carboxylic acids is 2. The largest absolute Gasteiger partial charge is 0.298 e. The fourth-order valence-corrected chi connectivity index (χ4v) is 1.99. The van der Waals surface area contributed by atoms with E-state index in [2.05, 4.69) is 0 Å². The molecule has 68 valence electrons. The third kappa shape index (κ3) is 2.12. The third-order valence-corrected chi connectivity index (χ3v) is 2.40. The molecule has 0 saturated carbocycles. The van der Waals surface area contributed by atoms with E-state index in [1.54, 1.807) is 0 Å². The van der Waals surface area contributed by atoms with Gasteiger partial charge in [-0.15, -0.1) is 0 Å². The first-order chi connectivity index (χ1) is 6.06. The van der Waals surface area contributed by atoms with Crippen LogP contribution in [0.2, 0.25) is 0 Å². The maximum atomic E-state index is 13.2. The Morgan fingerprint density at radius 3 is 2.54 bits per heavy atom. The highest BCUT2D eigenvalue weighted by Gasteiger charge is 2.12. The molecule has 0 spiro atoms. The second kappa shape index (κ2) is 3.95. The molecule has 13 heavy (non-hydrogen) atoms. The molecule has 1 aromatic carbocycles. The highest BCUT2D eigenvalue weighted by molar-refractivity contribution is 14.1. The van der Waals surface area contributed by atoms with Crippen LogP contribution in [0.1, 0.15) is 27.6 Å². The molecule has 0 bridgehead atoms. The lowest BCUT2D eigenvalue weighted by Gasteiger charge is -2.02. The van der Waals surface area contributed by atoms with E-state index < -0.39 is 5.82 Å². The average molecular weight is 292 g/mol. The summed E-state index contributed by atoms with van der Waals surface area (Å²) in [5.41, 5.74) is 0.290. The summed E-state index contributed by atoms with van der Waals surface area (Å²) in [7, 11) is 0. The molecule has 0 fully saturated rings. The Hall–Kier alpha value is -0.780. The number of ketones is 1. The molecular formula is C9H6FIO2. The maximum Gasteiger partial charge on any atom is 0.163 e. The van der Waals surface area contributed by atoms with Crippen LogP contribution in [-0.4, -0.2) is 12.1 Å². The van der Waals surface area contributed by atoms with Crippen molar-refractivity contribution in [3.05, 3.63) is 32.6 Å². The summed E-state index contributed by atoms with van der Waals surface area (Å²) in [5, 5.41) is 0. The average Bonchev–Trinajstić information content (AvgIpc) is 2.02. The zero-order valence-corrected chi connectivity index (χ0v) is 8.96. The van der Waals surface area contributed by atoms with Gasteiger partial charge < -0.3 is 0 Å². The van der Waals surface area contributed by atoms with Gasteiger partial charge in [0.15, 0.2) is 5.78 Å². The summed E-state index contributed by atoms with van der Waals surface area (Å²) in [4.78, 5) is 21.3.